The van der Waals surface area contributed by atoms with E-state index in [0.717, 1.165) is 28.0 Å². The van der Waals surface area contributed by atoms with Gasteiger partial charge in [-0.05, 0) is 79.3 Å². The van der Waals surface area contributed by atoms with Crippen LogP contribution in [0.25, 0.3) is 6.08 Å². The molecular weight excluding hydrogens is 488 g/mol. The average molecular weight is 521 g/mol. The van der Waals surface area contributed by atoms with Crippen LogP contribution in [0.5, 0.6) is 11.5 Å². The molecule has 0 bridgehead atoms. The van der Waals surface area contributed by atoms with Crippen LogP contribution < -0.4 is 24.4 Å². The number of hydrogen-bond donors (Lipinski definition) is 0. The van der Waals surface area contributed by atoms with Gasteiger partial charge in [-0.3, -0.25) is 9.36 Å². The van der Waals surface area contributed by atoms with Gasteiger partial charge in [-0.15, -0.1) is 0 Å². The van der Waals surface area contributed by atoms with Crippen LogP contribution >= 0.6 is 11.3 Å². The Morgan fingerprint density at radius 2 is 1.92 bits per heavy atom. The molecule has 37 heavy (non-hydrogen) atoms. The zero-order valence-corrected chi connectivity index (χ0v) is 23.1. The lowest BCUT2D eigenvalue weighted by molar-refractivity contribution is -0.139. The number of carbonyl (C=O) groups is 1. The van der Waals surface area contributed by atoms with E-state index in [0.29, 0.717) is 26.4 Å². The molecule has 0 aliphatic carbocycles. The normalized spacial score (nSPS) is 15.5. The number of nitrogens with zero attached hydrogens (tertiary/aromatic N) is 2. The summed E-state index contributed by atoms with van der Waals surface area (Å²) in [5, 5.41) is 0. The number of carbonyl (C=O) groups excluding carboxylic acids is 1. The molecule has 8 heteroatoms. The Balaban J connectivity index is 1.97. The minimum absolute atomic E-state index is 0.216. The number of aryl methyl sites for hydroxylation is 1. The molecule has 0 N–H and O–H groups in total. The van der Waals surface area contributed by atoms with Crippen LogP contribution in [0.4, 0.5) is 0 Å². The number of thiazole rings is 1. The molecule has 1 aromatic heterocycles. The maximum absolute atomic E-state index is 13.9. The highest BCUT2D eigenvalue weighted by Crippen LogP contribution is 2.33. The maximum atomic E-state index is 13.9. The number of hydrogen-bond acceptors (Lipinski definition) is 7. The van der Waals surface area contributed by atoms with E-state index in [1.54, 1.807) is 32.6 Å². The summed E-state index contributed by atoms with van der Waals surface area (Å²) in [6.07, 6.45) is 1.90. The van der Waals surface area contributed by atoms with Crippen LogP contribution in [0.3, 0.4) is 0 Å². The molecule has 194 valence electrons. The number of benzene rings is 2. The predicted molar refractivity (Wildman–Crippen MR) is 145 cm³/mol. The van der Waals surface area contributed by atoms with Crippen LogP contribution in [-0.2, 0) is 9.53 Å². The van der Waals surface area contributed by atoms with Gasteiger partial charge < -0.3 is 14.2 Å². The lowest BCUT2D eigenvalue weighted by Crippen LogP contribution is -2.40. The Morgan fingerprint density at radius 1 is 1.16 bits per heavy atom. The third kappa shape index (κ3) is 4.98. The summed E-state index contributed by atoms with van der Waals surface area (Å²) >= 11 is 1.31. The highest BCUT2D eigenvalue weighted by molar-refractivity contribution is 7.07. The Labute approximate surface area is 220 Å². The fourth-order valence-electron chi connectivity index (χ4n) is 4.56. The first-order valence-electron chi connectivity index (χ1n) is 12.2. The van der Waals surface area contributed by atoms with Gasteiger partial charge in [0.05, 0.1) is 42.7 Å². The summed E-state index contributed by atoms with van der Waals surface area (Å²) in [5.41, 5.74) is 4.41. The van der Waals surface area contributed by atoms with Crippen molar-refractivity contribution in [3.05, 3.63) is 89.6 Å². The molecule has 0 unspecified atom stereocenters. The minimum atomic E-state index is -0.685. The zero-order valence-electron chi connectivity index (χ0n) is 22.2. The first kappa shape index (κ1) is 26.4. The highest BCUT2D eigenvalue weighted by atomic mass is 32.1. The molecule has 0 radical (unpaired) electrons. The molecule has 7 nitrogen and oxygen atoms in total. The van der Waals surface area contributed by atoms with Crippen LogP contribution in [-0.4, -0.2) is 31.4 Å². The van der Waals surface area contributed by atoms with Crippen molar-refractivity contribution in [2.45, 2.75) is 46.6 Å². The van der Waals surface area contributed by atoms with Crippen LogP contribution in [0, 0.1) is 6.92 Å². The van der Waals surface area contributed by atoms with Gasteiger partial charge in [0.1, 0.15) is 11.5 Å². The standard InChI is InChI=1S/C29H32N2O5S/c1-8-36-28(33)25-18(5)30-29-31(26(25)19-10-9-11-21(13-19)34-6)27(32)24(37-29)15-20-14-22(16(2)3)23(35-7)12-17(20)4/h9-16,26H,8H2,1-7H3/b24-15+/t26-/m0/s1. The lowest BCUT2D eigenvalue weighted by atomic mass is 9.95. The van der Waals surface area contributed by atoms with E-state index >= 15 is 0 Å². The Morgan fingerprint density at radius 3 is 2.57 bits per heavy atom. The molecular formula is C29H32N2O5S. The van der Waals surface area contributed by atoms with Gasteiger partial charge in [-0.25, -0.2) is 9.79 Å². The van der Waals surface area contributed by atoms with E-state index < -0.39 is 12.0 Å². The van der Waals surface area contributed by atoms with Crippen molar-refractivity contribution in [3.63, 3.8) is 0 Å². The molecule has 4 rings (SSSR count). The predicted octanol–water partition coefficient (Wildman–Crippen LogP) is 4.25. The summed E-state index contributed by atoms with van der Waals surface area (Å²) in [6, 6.07) is 10.8. The summed E-state index contributed by atoms with van der Waals surface area (Å²) < 4.78 is 18.5. The summed E-state index contributed by atoms with van der Waals surface area (Å²) in [4.78, 5) is 32.2. The van der Waals surface area contributed by atoms with Gasteiger partial charge in [0.2, 0.25) is 0 Å². The largest absolute Gasteiger partial charge is 0.497 e. The Hall–Kier alpha value is -3.65. The molecule has 0 amide bonds. The molecule has 2 aromatic carbocycles. The maximum Gasteiger partial charge on any atom is 0.338 e. The van der Waals surface area contributed by atoms with Crippen LogP contribution in [0.15, 0.2) is 57.5 Å². The van der Waals surface area contributed by atoms with Gasteiger partial charge in [-0.1, -0.05) is 37.3 Å². The SMILES string of the molecule is CCOC(=O)C1=C(C)N=c2s/c(=C/c3cc(C(C)C)c(OC)cc3C)c(=O)n2[C@H]1c1cccc(OC)c1. The lowest BCUT2D eigenvalue weighted by Gasteiger charge is -2.25. The fraction of sp³-hybridized carbons (Fsp3) is 0.345. The van der Waals surface area contributed by atoms with E-state index in [1.807, 2.05) is 43.3 Å². The van der Waals surface area contributed by atoms with Gasteiger partial charge >= 0.3 is 5.97 Å². The van der Waals surface area contributed by atoms with Crippen LogP contribution in [0.2, 0.25) is 0 Å². The Kier molecular flexibility index (Phi) is 7.68. The van der Waals surface area contributed by atoms with Crippen molar-refractivity contribution in [3.8, 4) is 11.5 Å². The van der Waals surface area contributed by atoms with E-state index in [9.17, 15) is 9.59 Å². The summed E-state index contributed by atoms with van der Waals surface area (Å²) in [7, 11) is 3.25. The second-order valence-electron chi connectivity index (χ2n) is 9.18. The molecule has 1 atom stereocenters. The molecule has 3 aromatic rings. The highest BCUT2D eigenvalue weighted by Gasteiger charge is 2.33. The van der Waals surface area contributed by atoms with Gasteiger partial charge in [0.25, 0.3) is 5.56 Å². The Bertz CT molecular complexity index is 1560. The van der Waals surface area contributed by atoms with Crippen molar-refractivity contribution in [2.75, 3.05) is 20.8 Å². The quantitative estimate of drug-likeness (QED) is 0.435. The first-order valence-corrected chi connectivity index (χ1v) is 13.0. The van der Waals surface area contributed by atoms with Crippen LogP contribution in [0.1, 0.15) is 61.9 Å². The van der Waals surface area contributed by atoms with Gasteiger partial charge in [0, 0.05) is 0 Å². The smallest absolute Gasteiger partial charge is 0.338 e. The monoisotopic (exact) mass is 520 g/mol. The summed E-state index contributed by atoms with van der Waals surface area (Å²) in [5.74, 6) is 1.23. The second-order valence-corrected chi connectivity index (χ2v) is 10.2. The van der Waals surface area contributed by atoms with E-state index in [2.05, 4.69) is 24.9 Å². The zero-order chi connectivity index (χ0) is 26.9. The summed E-state index contributed by atoms with van der Waals surface area (Å²) in [6.45, 7) is 9.97. The van der Waals surface area contributed by atoms with Crippen molar-refractivity contribution in [1.29, 1.82) is 0 Å². The number of fused-ring (bicyclic) bond motifs is 1. The molecule has 0 fully saturated rings. The second kappa shape index (κ2) is 10.8. The van der Waals surface area contributed by atoms with Crippen molar-refractivity contribution in [2.24, 2.45) is 4.99 Å². The minimum Gasteiger partial charge on any atom is -0.497 e. The average Bonchev–Trinajstić information content (AvgIpc) is 3.18. The number of allylic oxidation sites excluding steroid dienone is 1. The fourth-order valence-corrected chi connectivity index (χ4v) is 5.60. The number of aromatic nitrogens is 1. The number of rotatable bonds is 7. The molecule has 0 saturated heterocycles. The van der Waals surface area contributed by atoms with E-state index in [-0.39, 0.29) is 18.1 Å². The topological polar surface area (TPSA) is 79.1 Å². The van der Waals surface area contributed by atoms with E-state index in [4.69, 9.17) is 14.2 Å². The molecule has 0 spiro atoms. The molecule has 2 heterocycles. The van der Waals surface area contributed by atoms with Gasteiger partial charge in [-0.2, -0.15) is 0 Å². The number of esters is 1. The molecule has 0 saturated carbocycles. The first-order chi connectivity index (χ1) is 17.7. The van der Waals surface area contributed by atoms with Crippen molar-refractivity contribution >= 4 is 23.4 Å². The van der Waals surface area contributed by atoms with Crippen molar-refractivity contribution in [1.82, 2.24) is 4.57 Å². The van der Waals surface area contributed by atoms with Gasteiger partial charge in [0.15, 0.2) is 4.80 Å². The number of methoxy groups -OCH3 is 2. The third-order valence-electron chi connectivity index (χ3n) is 6.45. The number of ether oxygens (including phenoxy) is 3. The molecule has 1 aliphatic rings. The third-order valence-corrected chi connectivity index (χ3v) is 7.44. The van der Waals surface area contributed by atoms with Crippen molar-refractivity contribution < 1.29 is 19.0 Å². The van der Waals surface area contributed by atoms with E-state index in [1.165, 1.54) is 11.3 Å². The molecule has 1 aliphatic heterocycles.